The molecule has 0 radical (unpaired) electrons. The average Bonchev–Trinajstić information content (AvgIpc) is 0.731. The number of hydrogen-bond acceptors (Lipinski definition) is 2. The highest BCUT2D eigenvalue weighted by Gasteiger charge is 2.45. The summed E-state index contributed by atoms with van der Waals surface area (Å²) in [6, 6.07) is 67.3. The van der Waals surface area contributed by atoms with E-state index in [4.69, 9.17) is 9.47 Å². The molecule has 0 atom stereocenters. The van der Waals surface area contributed by atoms with Gasteiger partial charge in [-0.25, -0.2) is 0 Å². The summed E-state index contributed by atoms with van der Waals surface area (Å²) in [6.07, 6.45) is 0. The van der Waals surface area contributed by atoms with E-state index < -0.39 is 32.3 Å². The Labute approximate surface area is 659 Å². The predicted molar refractivity (Wildman–Crippen MR) is 490 cm³/mol. The molecule has 12 aromatic carbocycles. The van der Waals surface area contributed by atoms with Gasteiger partial charge in [-0.2, -0.15) is 0 Å². The van der Waals surface area contributed by atoms with Crippen LogP contribution in [0.15, 0.2) is 182 Å². The maximum atomic E-state index is 6.84. The first kappa shape index (κ1) is 80.0. The molecule has 0 saturated heterocycles. The van der Waals surface area contributed by atoms with Gasteiger partial charge in [0.25, 0.3) is 0 Å². The lowest BCUT2D eigenvalue weighted by atomic mass is 9.78. The van der Waals surface area contributed by atoms with Crippen LogP contribution in [0.4, 0.5) is 0 Å². The van der Waals surface area contributed by atoms with Gasteiger partial charge in [0, 0.05) is 27.7 Å². The van der Waals surface area contributed by atoms with Crippen LogP contribution >= 0.6 is 0 Å². The molecule has 0 spiro atoms. The molecule has 0 aliphatic rings. The van der Waals surface area contributed by atoms with E-state index in [1.807, 2.05) is 0 Å². The van der Waals surface area contributed by atoms with Crippen molar-refractivity contribution < 1.29 is 9.47 Å². The zero-order valence-electron chi connectivity index (χ0n) is 70.6. The second kappa shape index (κ2) is 31.3. The molecule has 0 unspecified atom stereocenters. The first-order chi connectivity index (χ1) is 51.6. The summed E-state index contributed by atoms with van der Waals surface area (Å²) in [4.78, 5) is 0. The molecule has 0 fully saturated rings. The molecule has 0 aliphatic carbocycles. The van der Waals surface area contributed by atoms with Gasteiger partial charge < -0.3 is 9.47 Å². The van der Waals surface area contributed by atoms with E-state index in [9.17, 15) is 0 Å². The SMILES string of the molecule is CC(C)[Si](C#Cc1c2cc3ccccc3cc2c(C#C[Si](C(C)C)(C(C)C)C(C)C)c2cc3cc(Oc4ccc(C(C)(C)c5ccc(Oc6ccc7cc8c(C#C[Si](C(C)C)(C(C)C)C(C)C)c9cc%10ccccc%10cc9c(C#C[Si](C(C)C)(C(C)C)C(C)C)c8cc7c6)cc5)cc4)ccc3cc12)(C(C)C)C(C)C. The Kier molecular flexibility index (Phi) is 23.0. The Balaban J connectivity index is 0.887. The summed E-state index contributed by atoms with van der Waals surface area (Å²) in [5.74, 6) is 19.4. The summed E-state index contributed by atoms with van der Waals surface area (Å²) < 4.78 is 13.7. The van der Waals surface area contributed by atoms with Crippen LogP contribution in [0.1, 0.15) is 213 Å². The Hall–Kier alpha value is -8.57. The summed E-state index contributed by atoms with van der Waals surface area (Å²) in [7, 11) is -8.55. The summed E-state index contributed by atoms with van der Waals surface area (Å²) in [6.45, 7) is 62.5. The van der Waals surface area contributed by atoms with Crippen molar-refractivity contribution in [3.8, 4) is 68.9 Å². The van der Waals surface area contributed by atoms with Crippen LogP contribution in [0.2, 0.25) is 66.5 Å². The van der Waals surface area contributed by atoms with Gasteiger partial charge >= 0.3 is 0 Å². The van der Waals surface area contributed by atoms with Crippen molar-refractivity contribution in [3.05, 3.63) is 215 Å². The number of rotatable bonds is 18. The van der Waals surface area contributed by atoms with E-state index in [2.05, 4.69) is 408 Å². The van der Waals surface area contributed by atoms with Crippen molar-refractivity contribution in [1.82, 2.24) is 0 Å². The van der Waals surface area contributed by atoms with Gasteiger partial charge in [0.15, 0.2) is 0 Å². The van der Waals surface area contributed by atoms with Crippen LogP contribution in [0, 0.1) is 45.9 Å². The summed E-state index contributed by atoms with van der Waals surface area (Å²) >= 11 is 0. The number of benzene rings is 12. The minimum absolute atomic E-state index is 0.320. The van der Waals surface area contributed by atoms with Crippen molar-refractivity contribution in [3.63, 3.8) is 0 Å². The predicted octanol–water partition coefficient (Wildman–Crippen LogP) is 31.1. The average molecular weight is 1500 g/mol. The van der Waals surface area contributed by atoms with E-state index in [-0.39, 0.29) is 5.41 Å². The van der Waals surface area contributed by atoms with E-state index in [0.717, 1.165) is 77.6 Å². The van der Waals surface area contributed by atoms with Crippen molar-refractivity contribution >= 4 is 118 Å². The van der Waals surface area contributed by atoms with Crippen molar-refractivity contribution in [1.29, 1.82) is 0 Å². The molecule has 560 valence electrons. The monoisotopic (exact) mass is 1500 g/mol. The molecule has 12 rings (SSSR count). The quantitative estimate of drug-likeness (QED) is 0.0484. The minimum atomic E-state index is -2.15. The third-order valence-corrected chi connectivity index (χ3v) is 51.7. The highest BCUT2D eigenvalue weighted by atomic mass is 28.3. The summed E-state index contributed by atoms with van der Waals surface area (Å²) in [5.41, 5.74) is 29.3. The largest absolute Gasteiger partial charge is 0.457 e. The van der Waals surface area contributed by atoms with Gasteiger partial charge in [-0.15, -0.1) is 22.2 Å². The molecule has 12 aromatic rings. The van der Waals surface area contributed by atoms with Crippen LogP contribution < -0.4 is 9.47 Å². The third-order valence-electron chi connectivity index (χ3n) is 26.5. The smallest absolute Gasteiger partial charge is 0.146 e. The fraction of sp³-hybridized carbons (Fsp3) is 0.379. The van der Waals surface area contributed by atoms with Crippen LogP contribution in [-0.2, 0) is 5.41 Å². The van der Waals surface area contributed by atoms with E-state index in [1.54, 1.807) is 0 Å². The van der Waals surface area contributed by atoms with Gasteiger partial charge in [-0.1, -0.05) is 289 Å². The van der Waals surface area contributed by atoms with E-state index in [0.29, 0.717) is 66.5 Å². The van der Waals surface area contributed by atoms with Crippen LogP contribution in [0.3, 0.4) is 0 Å². The van der Waals surface area contributed by atoms with Crippen LogP contribution in [0.25, 0.3) is 86.2 Å². The molecule has 0 aromatic heterocycles. The molecule has 0 aliphatic heterocycles. The standard InChI is InChI=1S/C103H120O2Si4/c1-65(2)106(66(3)4,67(5)6)51-47-91-95-57-77-31-27-29-33-79(77)59-97(95)93(49-53-108(71(13)14,72(15)16)73(17)18)101-63-83-55-89(41-35-81(83)61-99(91)101)104-87-43-37-85(38-44-87)103(25,26)86-39-45-88(46-40-86)105-90-42-36-82-62-100-92(48-52-107(68(7)8,69(9)10)70(11)12)96-58-78-32-28-30-34-80(78)60-98(96)94(102(100)64-84(82)56-90)50-54-109(74(19)20,75(21)22)76(23)24/h27-46,55-76H,1-26H3. The van der Waals surface area contributed by atoms with Gasteiger partial charge in [0.05, 0.1) is 0 Å². The van der Waals surface area contributed by atoms with Crippen LogP contribution in [0.5, 0.6) is 23.0 Å². The van der Waals surface area contributed by atoms with Crippen LogP contribution in [-0.4, -0.2) is 32.3 Å². The Morgan fingerprint density at radius 2 is 0.404 bits per heavy atom. The zero-order chi connectivity index (χ0) is 78.7. The number of ether oxygens (including phenoxy) is 2. The van der Waals surface area contributed by atoms with Crippen molar-refractivity contribution in [2.45, 2.75) is 252 Å². The lowest BCUT2D eigenvalue weighted by Gasteiger charge is -2.38. The fourth-order valence-corrected chi connectivity index (χ4v) is 41.5. The maximum absolute atomic E-state index is 6.84. The molecule has 0 N–H and O–H groups in total. The minimum Gasteiger partial charge on any atom is -0.457 e. The zero-order valence-corrected chi connectivity index (χ0v) is 74.6. The number of fused-ring (bicyclic) bond motifs is 8. The van der Waals surface area contributed by atoms with E-state index in [1.165, 1.54) is 65.0 Å². The molecule has 109 heavy (non-hydrogen) atoms. The Morgan fingerprint density at radius 1 is 0.220 bits per heavy atom. The maximum Gasteiger partial charge on any atom is 0.146 e. The van der Waals surface area contributed by atoms with E-state index >= 15 is 0 Å². The van der Waals surface area contributed by atoms with Gasteiger partial charge in [-0.3, -0.25) is 0 Å². The second-order valence-corrected chi connectivity index (χ2v) is 58.6. The van der Waals surface area contributed by atoms with Gasteiger partial charge in [-0.05, 0) is 261 Å². The normalized spacial score (nSPS) is 12.8. The third kappa shape index (κ3) is 14.5. The number of hydrogen-bond donors (Lipinski definition) is 0. The molecule has 0 heterocycles. The molecular weight excluding hydrogens is 1380 g/mol. The Morgan fingerprint density at radius 3 is 0.606 bits per heavy atom. The fourth-order valence-electron chi connectivity index (χ4n) is 20.7. The molecule has 6 heteroatoms. The topological polar surface area (TPSA) is 18.5 Å². The Bertz CT molecular complexity index is 5290. The lowest BCUT2D eigenvalue weighted by Crippen LogP contribution is -2.43. The van der Waals surface area contributed by atoms with Gasteiger partial charge in [0.2, 0.25) is 0 Å². The first-order valence-electron chi connectivity index (χ1n) is 41.0. The highest BCUT2D eigenvalue weighted by Crippen LogP contribution is 2.48. The van der Waals surface area contributed by atoms with Crippen molar-refractivity contribution in [2.24, 2.45) is 0 Å². The molecule has 0 bridgehead atoms. The molecular formula is C103H120O2Si4. The first-order valence-corrected chi connectivity index (χ1v) is 50.0. The lowest BCUT2D eigenvalue weighted by molar-refractivity contribution is 0.482. The molecule has 2 nitrogen and oxygen atoms in total. The molecule has 0 amide bonds. The second-order valence-electron chi connectivity index (χ2n) is 36.3. The summed E-state index contributed by atoms with van der Waals surface area (Å²) in [5, 5.41) is 18.8. The van der Waals surface area contributed by atoms with Gasteiger partial charge in [0.1, 0.15) is 55.3 Å². The molecule has 0 saturated carbocycles. The van der Waals surface area contributed by atoms with Crippen molar-refractivity contribution in [2.75, 3.05) is 0 Å². The highest BCUT2D eigenvalue weighted by molar-refractivity contribution is 6.92.